The second-order valence-electron chi connectivity index (χ2n) is 3.65. The first kappa shape index (κ1) is 10.3. The van der Waals surface area contributed by atoms with Crippen molar-refractivity contribution in [2.75, 3.05) is 27.3 Å². The van der Waals surface area contributed by atoms with Gasteiger partial charge in [0.15, 0.2) is 0 Å². The number of methoxy groups -OCH3 is 2. The van der Waals surface area contributed by atoms with Crippen LogP contribution < -0.4 is 0 Å². The van der Waals surface area contributed by atoms with Crippen LogP contribution in [0.3, 0.4) is 0 Å². The number of piperidine rings is 1. The van der Waals surface area contributed by atoms with E-state index >= 15 is 0 Å². The van der Waals surface area contributed by atoms with Crippen molar-refractivity contribution in [1.82, 2.24) is 4.90 Å². The molecule has 1 aliphatic rings. The molecular formula is C9H17NO3. The Balaban J connectivity index is 2.56. The SMILES string of the molecule is COC(=O)N1CCCC(C)(OC)C1. The molecule has 0 radical (unpaired) electrons. The van der Waals surface area contributed by atoms with Crippen LogP contribution in [0.25, 0.3) is 0 Å². The fourth-order valence-corrected chi connectivity index (χ4v) is 1.66. The summed E-state index contributed by atoms with van der Waals surface area (Å²) >= 11 is 0. The summed E-state index contributed by atoms with van der Waals surface area (Å²) in [6.07, 6.45) is 1.71. The summed E-state index contributed by atoms with van der Waals surface area (Å²) in [6.45, 7) is 3.41. The van der Waals surface area contributed by atoms with E-state index in [9.17, 15) is 4.79 Å². The number of carbonyl (C=O) groups is 1. The molecule has 76 valence electrons. The highest BCUT2D eigenvalue weighted by molar-refractivity contribution is 5.67. The molecule has 0 aromatic heterocycles. The lowest BCUT2D eigenvalue weighted by Gasteiger charge is -2.38. The number of hydrogen-bond donors (Lipinski definition) is 0. The maximum Gasteiger partial charge on any atom is 0.409 e. The number of likely N-dealkylation sites (tertiary alicyclic amines) is 1. The summed E-state index contributed by atoms with van der Waals surface area (Å²) in [7, 11) is 3.09. The zero-order chi connectivity index (χ0) is 9.90. The third kappa shape index (κ3) is 2.34. The molecule has 1 heterocycles. The Labute approximate surface area is 78.8 Å². The van der Waals surface area contributed by atoms with E-state index in [-0.39, 0.29) is 11.7 Å². The third-order valence-corrected chi connectivity index (χ3v) is 2.58. The van der Waals surface area contributed by atoms with Crippen molar-refractivity contribution in [1.29, 1.82) is 0 Å². The van der Waals surface area contributed by atoms with Crippen molar-refractivity contribution in [3.63, 3.8) is 0 Å². The molecule has 1 amide bonds. The van der Waals surface area contributed by atoms with Crippen molar-refractivity contribution in [3.05, 3.63) is 0 Å². The normalized spacial score (nSPS) is 28.7. The molecule has 0 aromatic rings. The molecule has 0 aromatic carbocycles. The summed E-state index contributed by atoms with van der Waals surface area (Å²) in [5, 5.41) is 0. The molecular weight excluding hydrogens is 170 g/mol. The van der Waals surface area contributed by atoms with Crippen LogP contribution in [0.5, 0.6) is 0 Å². The van der Waals surface area contributed by atoms with Gasteiger partial charge in [-0.15, -0.1) is 0 Å². The first-order valence-electron chi connectivity index (χ1n) is 4.49. The number of ether oxygens (including phenoxy) is 2. The molecule has 0 spiro atoms. The minimum atomic E-state index is -0.261. The first-order chi connectivity index (χ1) is 6.11. The summed E-state index contributed by atoms with van der Waals surface area (Å²) in [4.78, 5) is 12.9. The standard InChI is InChI=1S/C9H17NO3/c1-9(13-3)5-4-6-10(7-9)8(11)12-2/h4-7H2,1-3H3. The van der Waals surface area contributed by atoms with E-state index in [1.165, 1.54) is 7.11 Å². The molecule has 13 heavy (non-hydrogen) atoms. The van der Waals surface area contributed by atoms with Gasteiger partial charge in [0.1, 0.15) is 0 Å². The highest BCUT2D eigenvalue weighted by atomic mass is 16.5. The van der Waals surface area contributed by atoms with E-state index in [4.69, 9.17) is 4.74 Å². The van der Waals surface area contributed by atoms with Crippen LogP contribution in [0, 0.1) is 0 Å². The predicted molar refractivity (Wildman–Crippen MR) is 48.6 cm³/mol. The largest absolute Gasteiger partial charge is 0.453 e. The molecule has 1 unspecified atom stereocenters. The molecule has 1 atom stereocenters. The minimum absolute atomic E-state index is 0.202. The number of amides is 1. The molecule has 0 N–H and O–H groups in total. The number of rotatable bonds is 1. The van der Waals surface area contributed by atoms with Crippen LogP contribution in [-0.4, -0.2) is 43.9 Å². The Hall–Kier alpha value is -0.770. The van der Waals surface area contributed by atoms with E-state index in [2.05, 4.69) is 4.74 Å². The molecule has 1 rings (SSSR count). The Morgan fingerprint density at radius 1 is 1.46 bits per heavy atom. The van der Waals surface area contributed by atoms with Crippen molar-refractivity contribution in [3.8, 4) is 0 Å². The van der Waals surface area contributed by atoms with Crippen LogP contribution >= 0.6 is 0 Å². The predicted octanol–water partition coefficient (Wildman–Crippen LogP) is 1.25. The molecule has 1 aliphatic heterocycles. The van der Waals surface area contributed by atoms with Gasteiger partial charge in [0.2, 0.25) is 0 Å². The Kier molecular flexibility index (Phi) is 3.14. The zero-order valence-corrected chi connectivity index (χ0v) is 8.50. The van der Waals surface area contributed by atoms with Gasteiger partial charge < -0.3 is 14.4 Å². The quantitative estimate of drug-likeness (QED) is 0.620. The molecule has 4 nitrogen and oxygen atoms in total. The number of carbonyl (C=O) groups excluding carboxylic acids is 1. The minimum Gasteiger partial charge on any atom is -0.453 e. The van der Waals surface area contributed by atoms with Gasteiger partial charge in [-0.1, -0.05) is 0 Å². The fourth-order valence-electron chi connectivity index (χ4n) is 1.66. The van der Waals surface area contributed by atoms with Gasteiger partial charge in [-0.05, 0) is 19.8 Å². The highest BCUT2D eigenvalue weighted by Crippen LogP contribution is 2.23. The highest BCUT2D eigenvalue weighted by Gasteiger charge is 2.33. The van der Waals surface area contributed by atoms with E-state index in [0.29, 0.717) is 6.54 Å². The van der Waals surface area contributed by atoms with Crippen molar-refractivity contribution >= 4 is 6.09 Å². The topological polar surface area (TPSA) is 38.8 Å². The van der Waals surface area contributed by atoms with Gasteiger partial charge in [0.25, 0.3) is 0 Å². The molecule has 0 saturated carbocycles. The van der Waals surface area contributed by atoms with Crippen molar-refractivity contribution < 1.29 is 14.3 Å². The van der Waals surface area contributed by atoms with Crippen LogP contribution in [0.1, 0.15) is 19.8 Å². The summed E-state index contributed by atoms with van der Waals surface area (Å²) < 4.78 is 10.0. The molecule has 1 fully saturated rings. The second-order valence-corrected chi connectivity index (χ2v) is 3.65. The lowest BCUT2D eigenvalue weighted by atomic mass is 9.95. The van der Waals surface area contributed by atoms with Gasteiger partial charge in [0.05, 0.1) is 19.3 Å². The lowest BCUT2D eigenvalue weighted by Crippen LogP contribution is -2.49. The number of nitrogens with zero attached hydrogens (tertiary/aromatic N) is 1. The second kappa shape index (κ2) is 3.96. The van der Waals surface area contributed by atoms with Gasteiger partial charge in [-0.3, -0.25) is 0 Å². The van der Waals surface area contributed by atoms with E-state index in [1.54, 1.807) is 12.0 Å². The Bertz CT molecular complexity index is 195. The van der Waals surface area contributed by atoms with Gasteiger partial charge in [0, 0.05) is 13.7 Å². The Morgan fingerprint density at radius 2 is 2.15 bits per heavy atom. The summed E-state index contributed by atoms with van der Waals surface area (Å²) in [6, 6.07) is 0. The molecule has 4 heteroatoms. The zero-order valence-electron chi connectivity index (χ0n) is 8.50. The maximum absolute atomic E-state index is 11.2. The first-order valence-corrected chi connectivity index (χ1v) is 4.49. The van der Waals surface area contributed by atoms with Crippen LogP contribution in [0.15, 0.2) is 0 Å². The van der Waals surface area contributed by atoms with E-state index in [1.807, 2.05) is 6.92 Å². The molecule has 0 aliphatic carbocycles. The lowest BCUT2D eigenvalue weighted by molar-refractivity contribution is -0.0465. The third-order valence-electron chi connectivity index (χ3n) is 2.58. The van der Waals surface area contributed by atoms with E-state index < -0.39 is 0 Å². The fraction of sp³-hybridized carbons (Fsp3) is 0.889. The smallest absolute Gasteiger partial charge is 0.409 e. The van der Waals surface area contributed by atoms with Crippen molar-refractivity contribution in [2.24, 2.45) is 0 Å². The monoisotopic (exact) mass is 187 g/mol. The van der Waals surface area contributed by atoms with E-state index in [0.717, 1.165) is 19.4 Å². The number of hydrogen-bond acceptors (Lipinski definition) is 3. The van der Waals surface area contributed by atoms with Gasteiger partial charge >= 0.3 is 6.09 Å². The van der Waals surface area contributed by atoms with Crippen molar-refractivity contribution in [2.45, 2.75) is 25.4 Å². The average molecular weight is 187 g/mol. The van der Waals surface area contributed by atoms with Gasteiger partial charge in [-0.25, -0.2) is 4.79 Å². The maximum atomic E-state index is 11.2. The van der Waals surface area contributed by atoms with Crippen LogP contribution in [0.2, 0.25) is 0 Å². The molecule has 0 bridgehead atoms. The van der Waals surface area contributed by atoms with Gasteiger partial charge in [-0.2, -0.15) is 0 Å². The summed E-state index contributed by atoms with van der Waals surface area (Å²) in [5.74, 6) is 0. The average Bonchev–Trinajstić information content (AvgIpc) is 2.17. The molecule has 1 saturated heterocycles. The summed E-state index contributed by atoms with van der Waals surface area (Å²) in [5.41, 5.74) is -0.202. The van der Waals surface area contributed by atoms with Crippen LogP contribution in [-0.2, 0) is 9.47 Å². The van der Waals surface area contributed by atoms with Crippen LogP contribution in [0.4, 0.5) is 4.79 Å². The Morgan fingerprint density at radius 3 is 2.69 bits per heavy atom.